The summed E-state index contributed by atoms with van der Waals surface area (Å²) >= 11 is 0. The number of aromatic nitrogens is 2. The average molecular weight is 293 g/mol. The van der Waals surface area contributed by atoms with Crippen molar-refractivity contribution in [2.24, 2.45) is 11.3 Å². The fourth-order valence-corrected chi connectivity index (χ4v) is 3.21. The fourth-order valence-electron chi connectivity index (χ4n) is 3.21. The van der Waals surface area contributed by atoms with E-state index in [0.29, 0.717) is 5.92 Å². The molecule has 0 spiro atoms. The molecule has 1 aromatic heterocycles. The lowest BCUT2D eigenvalue weighted by molar-refractivity contribution is 0.0680. The number of carbonyl (C=O) groups is 2. The van der Waals surface area contributed by atoms with E-state index in [9.17, 15) is 9.59 Å². The summed E-state index contributed by atoms with van der Waals surface area (Å²) in [5.41, 5.74) is -0.0871. The number of rotatable bonds is 3. The van der Waals surface area contributed by atoms with E-state index in [4.69, 9.17) is 5.11 Å². The molecule has 1 aliphatic rings. The van der Waals surface area contributed by atoms with Crippen molar-refractivity contribution in [3.8, 4) is 0 Å². The molecule has 2 unspecified atom stereocenters. The van der Waals surface area contributed by atoms with Gasteiger partial charge in [-0.25, -0.2) is 9.78 Å². The van der Waals surface area contributed by atoms with Crippen molar-refractivity contribution in [1.82, 2.24) is 15.3 Å². The normalized spacial score (nSPS) is 22.8. The number of amides is 1. The van der Waals surface area contributed by atoms with Crippen molar-refractivity contribution < 1.29 is 14.7 Å². The third-order valence-electron chi connectivity index (χ3n) is 4.26. The molecule has 0 bridgehead atoms. The molecule has 0 aliphatic heterocycles. The second-order valence-electron chi connectivity index (χ2n) is 6.77. The van der Waals surface area contributed by atoms with Gasteiger partial charge >= 0.3 is 5.97 Å². The Morgan fingerprint density at radius 2 is 2.00 bits per heavy atom. The molecule has 6 heteroatoms. The van der Waals surface area contributed by atoms with Crippen LogP contribution in [0.2, 0.25) is 0 Å². The molecule has 116 valence electrons. The van der Waals surface area contributed by atoms with Gasteiger partial charge in [-0.05, 0) is 24.2 Å². The van der Waals surface area contributed by atoms with Crippen LogP contribution in [-0.2, 0) is 0 Å². The maximum absolute atomic E-state index is 12.3. The molecule has 1 amide bonds. The lowest BCUT2D eigenvalue weighted by atomic mass is 9.69. The van der Waals surface area contributed by atoms with Crippen LogP contribution >= 0.6 is 0 Å². The summed E-state index contributed by atoms with van der Waals surface area (Å²) < 4.78 is 0. The van der Waals surface area contributed by atoms with Crippen molar-refractivity contribution in [2.45, 2.75) is 52.5 Å². The van der Waals surface area contributed by atoms with E-state index in [-0.39, 0.29) is 22.8 Å². The van der Waals surface area contributed by atoms with Crippen molar-refractivity contribution in [1.29, 1.82) is 0 Å². The van der Waals surface area contributed by atoms with Crippen molar-refractivity contribution in [3.05, 3.63) is 17.7 Å². The Labute approximate surface area is 124 Å². The van der Waals surface area contributed by atoms with Crippen LogP contribution in [0.25, 0.3) is 0 Å². The number of hydrogen-bond acceptors (Lipinski definition) is 3. The maximum atomic E-state index is 12.3. The highest BCUT2D eigenvalue weighted by molar-refractivity contribution is 6.02. The number of carboxylic acids is 1. The minimum Gasteiger partial charge on any atom is -0.477 e. The second-order valence-corrected chi connectivity index (χ2v) is 6.77. The molecule has 2 rings (SSSR count). The number of H-pyrrole nitrogens is 1. The number of nitrogens with one attached hydrogen (secondary N) is 2. The molecule has 1 heterocycles. The molecular weight excluding hydrogens is 270 g/mol. The van der Waals surface area contributed by atoms with Crippen LogP contribution in [-0.4, -0.2) is 33.0 Å². The van der Waals surface area contributed by atoms with E-state index in [2.05, 4.69) is 36.1 Å². The predicted octanol–water partition coefficient (Wildman–Crippen LogP) is 2.44. The molecule has 1 fully saturated rings. The van der Waals surface area contributed by atoms with Gasteiger partial charge in [0.05, 0.1) is 6.33 Å². The van der Waals surface area contributed by atoms with E-state index in [0.717, 1.165) is 19.3 Å². The summed E-state index contributed by atoms with van der Waals surface area (Å²) in [6, 6.07) is 0.0737. The standard InChI is InChI=1S/C15H23N3O3/c1-15(2,3)9-6-4-5-7-10(9)18-13(19)11-12(14(20)21)17-8-16-11/h8-10H,4-7H2,1-3H3,(H,16,17)(H,18,19)(H,20,21). The number of carbonyl (C=O) groups excluding carboxylic acids is 1. The minimum atomic E-state index is -1.17. The lowest BCUT2D eigenvalue weighted by Gasteiger charge is -2.40. The Kier molecular flexibility index (Phi) is 4.34. The summed E-state index contributed by atoms with van der Waals surface area (Å²) in [6.07, 6.45) is 5.52. The van der Waals surface area contributed by atoms with Crippen LogP contribution in [0.5, 0.6) is 0 Å². The zero-order chi connectivity index (χ0) is 15.6. The van der Waals surface area contributed by atoms with Gasteiger partial charge in [0, 0.05) is 6.04 Å². The van der Waals surface area contributed by atoms with Gasteiger partial charge < -0.3 is 15.4 Å². The third-order valence-corrected chi connectivity index (χ3v) is 4.26. The molecule has 6 nitrogen and oxygen atoms in total. The van der Waals surface area contributed by atoms with E-state index >= 15 is 0 Å². The number of nitrogens with zero attached hydrogens (tertiary/aromatic N) is 1. The van der Waals surface area contributed by atoms with Crippen LogP contribution in [0.1, 0.15) is 67.4 Å². The Morgan fingerprint density at radius 1 is 1.33 bits per heavy atom. The molecule has 1 aliphatic carbocycles. The second kappa shape index (κ2) is 5.87. The topological polar surface area (TPSA) is 95.1 Å². The molecule has 0 aromatic carbocycles. The minimum absolute atomic E-state index is 0.0410. The largest absolute Gasteiger partial charge is 0.477 e. The van der Waals surface area contributed by atoms with Gasteiger partial charge in [-0.1, -0.05) is 33.6 Å². The van der Waals surface area contributed by atoms with Crippen LogP contribution in [0.4, 0.5) is 0 Å². The molecule has 3 N–H and O–H groups in total. The van der Waals surface area contributed by atoms with E-state index < -0.39 is 11.9 Å². The van der Waals surface area contributed by atoms with Crippen LogP contribution < -0.4 is 5.32 Å². The molecule has 0 saturated heterocycles. The van der Waals surface area contributed by atoms with E-state index in [1.54, 1.807) is 0 Å². The van der Waals surface area contributed by atoms with Crippen LogP contribution in [0.15, 0.2) is 6.33 Å². The lowest BCUT2D eigenvalue weighted by Crippen LogP contribution is -2.47. The first-order valence-electron chi connectivity index (χ1n) is 7.38. The van der Waals surface area contributed by atoms with Crippen LogP contribution in [0, 0.1) is 11.3 Å². The Morgan fingerprint density at radius 3 is 2.62 bits per heavy atom. The number of hydrogen-bond donors (Lipinski definition) is 3. The van der Waals surface area contributed by atoms with Crippen LogP contribution in [0.3, 0.4) is 0 Å². The summed E-state index contributed by atoms with van der Waals surface area (Å²) in [7, 11) is 0. The molecule has 2 atom stereocenters. The average Bonchev–Trinajstić information content (AvgIpc) is 2.87. The Balaban J connectivity index is 2.14. The van der Waals surface area contributed by atoms with E-state index in [1.807, 2.05) is 0 Å². The zero-order valence-electron chi connectivity index (χ0n) is 12.8. The molecule has 21 heavy (non-hydrogen) atoms. The monoisotopic (exact) mass is 293 g/mol. The van der Waals surface area contributed by atoms with Crippen molar-refractivity contribution >= 4 is 11.9 Å². The van der Waals surface area contributed by atoms with Gasteiger partial charge in [-0.2, -0.15) is 0 Å². The van der Waals surface area contributed by atoms with Gasteiger partial charge in [0.25, 0.3) is 5.91 Å². The number of aromatic amines is 1. The molecule has 1 aromatic rings. The predicted molar refractivity (Wildman–Crippen MR) is 78.2 cm³/mol. The SMILES string of the molecule is CC(C)(C)C1CCCCC1NC(=O)c1nc[nH]c1C(=O)O. The Hall–Kier alpha value is -1.85. The number of aromatic carboxylic acids is 1. The fraction of sp³-hybridized carbons (Fsp3) is 0.667. The van der Waals surface area contributed by atoms with Crippen molar-refractivity contribution in [3.63, 3.8) is 0 Å². The van der Waals surface area contributed by atoms with Gasteiger partial charge in [0.2, 0.25) is 0 Å². The van der Waals surface area contributed by atoms with Crippen molar-refractivity contribution in [2.75, 3.05) is 0 Å². The quantitative estimate of drug-likeness (QED) is 0.797. The first kappa shape index (κ1) is 15.5. The number of carboxylic acid groups (broad SMARTS) is 1. The number of imidazole rings is 1. The highest BCUT2D eigenvalue weighted by Crippen LogP contribution is 2.38. The molecular formula is C15H23N3O3. The molecule has 1 saturated carbocycles. The first-order valence-corrected chi connectivity index (χ1v) is 7.38. The Bertz CT molecular complexity index is 531. The first-order chi connectivity index (χ1) is 9.80. The van der Waals surface area contributed by atoms with E-state index in [1.165, 1.54) is 12.7 Å². The van der Waals surface area contributed by atoms with Gasteiger partial charge in [0.15, 0.2) is 11.4 Å². The van der Waals surface area contributed by atoms with Gasteiger partial charge in [-0.3, -0.25) is 4.79 Å². The molecule has 0 radical (unpaired) electrons. The van der Waals surface area contributed by atoms with Gasteiger partial charge in [-0.15, -0.1) is 0 Å². The summed E-state index contributed by atoms with van der Waals surface area (Å²) in [4.78, 5) is 29.7. The third kappa shape index (κ3) is 3.43. The summed E-state index contributed by atoms with van der Waals surface area (Å²) in [5, 5.41) is 12.0. The summed E-state index contributed by atoms with van der Waals surface area (Å²) in [6.45, 7) is 6.54. The zero-order valence-corrected chi connectivity index (χ0v) is 12.8. The smallest absolute Gasteiger partial charge is 0.354 e. The highest BCUT2D eigenvalue weighted by atomic mass is 16.4. The van der Waals surface area contributed by atoms with Gasteiger partial charge in [0.1, 0.15) is 0 Å². The highest BCUT2D eigenvalue weighted by Gasteiger charge is 2.35. The summed E-state index contributed by atoms with van der Waals surface area (Å²) in [5.74, 6) is -1.19. The maximum Gasteiger partial charge on any atom is 0.354 e.